The first-order valence-corrected chi connectivity index (χ1v) is 7.09. The number of carbonyl (C=O) groups is 1. The topological polar surface area (TPSA) is 52.0 Å². The minimum atomic E-state index is -0.432. The Morgan fingerprint density at radius 1 is 1.40 bits per heavy atom. The third-order valence-electron chi connectivity index (χ3n) is 2.98. The van der Waals surface area contributed by atoms with Gasteiger partial charge in [0.05, 0.1) is 16.7 Å². The lowest BCUT2D eigenvalue weighted by Gasteiger charge is -2.11. The Labute approximate surface area is 129 Å². The molecule has 0 aliphatic heterocycles. The molecule has 0 amide bonds. The number of benzene rings is 1. The van der Waals surface area contributed by atoms with Gasteiger partial charge in [0.2, 0.25) is 0 Å². The van der Waals surface area contributed by atoms with Gasteiger partial charge >= 0.3 is 5.69 Å². The smallest absolute Gasteiger partial charge is 0.292 e. The second-order valence-electron chi connectivity index (χ2n) is 4.40. The number of hydrogen-bond acceptors (Lipinski definition) is 3. The lowest BCUT2D eigenvalue weighted by atomic mass is 10.1. The fourth-order valence-electron chi connectivity index (χ4n) is 1.86. The molecule has 4 nitrogen and oxygen atoms in total. The highest BCUT2D eigenvalue weighted by molar-refractivity contribution is 9.10. The summed E-state index contributed by atoms with van der Waals surface area (Å²) in [5.74, 6) is -0.185. The molecule has 0 radical (unpaired) electrons. The number of aryl methyl sites for hydroxylation is 1. The van der Waals surface area contributed by atoms with E-state index < -0.39 is 5.69 Å². The maximum Gasteiger partial charge on any atom is 0.348 e. The highest BCUT2D eigenvalue weighted by atomic mass is 79.9. The van der Waals surface area contributed by atoms with Crippen molar-refractivity contribution in [2.75, 3.05) is 0 Å². The molecule has 0 saturated carbocycles. The molecular formula is C14H12BrClN2O2. The molecule has 0 unspecified atom stereocenters. The monoisotopic (exact) mass is 354 g/mol. The molecule has 2 rings (SSSR count). The third kappa shape index (κ3) is 2.99. The summed E-state index contributed by atoms with van der Waals surface area (Å²) in [5.41, 5.74) is 1.33. The maximum absolute atomic E-state index is 12.2. The first kappa shape index (κ1) is 14.9. The SMILES string of the molecule is Cc1nc(=O)n(CC(=O)c2cccc(Cl)c2)c(C)c1Br. The van der Waals surface area contributed by atoms with E-state index in [4.69, 9.17) is 11.6 Å². The number of nitrogens with zero attached hydrogens (tertiary/aromatic N) is 2. The zero-order valence-electron chi connectivity index (χ0n) is 11.0. The van der Waals surface area contributed by atoms with Crippen LogP contribution in [0.15, 0.2) is 33.5 Å². The molecule has 1 aromatic heterocycles. The standard InChI is InChI=1S/C14H12BrClN2O2/c1-8-13(15)9(2)18(14(20)17-8)7-12(19)10-4-3-5-11(16)6-10/h3-6H,7H2,1-2H3. The molecule has 0 fully saturated rings. The van der Waals surface area contributed by atoms with Crippen molar-refractivity contribution in [1.82, 2.24) is 9.55 Å². The molecule has 1 aromatic carbocycles. The Morgan fingerprint density at radius 2 is 2.10 bits per heavy atom. The summed E-state index contributed by atoms with van der Waals surface area (Å²) in [5, 5.41) is 0.489. The van der Waals surface area contributed by atoms with Crippen LogP contribution in [-0.2, 0) is 6.54 Å². The molecule has 0 spiro atoms. The summed E-state index contributed by atoms with van der Waals surface area (Å²) in [4.78, 5) is 28.0. The molecule has 104 valence electrons. The van der Waals surface area contributed by atoms with Crippen LogP contribution in [0.3, 0.4) is 0 Å². The summed E-state index contributed by atoms with van der Waals surface area (Å²) >= 11 is 9.23. The van der Waals surface area contributed by atoms with Crippen LogP contribution in [0.4, 0.5) is 0 Å². The average Bonchev–Trinajstić information content (AvgIpc) is 2.41. The maximum atomic E-state index is 12.2. The number of carbonyl (C=O) groups excluding carboxylic acids is 1. The van der Waals surface area contributed by atoms with Crippen molar-refractivity contribution in [3.05, 3.63) is 61.2 Å². The highest BCUT2D eigenvalue weighted by Gasteiger charge is 2.13. The van der Waals surface area contributed by atoms with Gasteiger partial charge in [-0.1, -0.05) is 23.7 Å². The van der Waals surface area contributed by atoms with E-state index in [0.29, 0.717) is 22.0 Å². The van der Waals surface area contributed by atoms with Gasteiger partial charge in [-0.05, 0) is 41.9 Å². The zero-order chi connectivity index (χ0) is 14.9. The summed E-state index contributed by atoms with van der Waals surface area (Å²) in [6.07, 6.45) is 0. The number of halogens is 2. The quantitative estimate of drug-likeness (QED) is 0.795. The first-order valence-electron chi connectivity index (χ1n) is 5.92. The average molecular weight is 356 g/mol. The van der Waals surface area contributed by atoms with Gasteiger partial charge in [0.15, 0.2) is 5.78 Å². The second-order valence-corrected chi connectivity index (χ2v) is 5.63. The van der Waals surface area contributed by atoms with E-state index in [1.807, 2.05) is 0 Å². The van der Waals surface area contributed by atoms with E-state index in [9.17, 15) is 9.59 Å². The first-order chi connectivity index (χ1) is 9.40. The van der Waals surface area contributed by atoms with Crippen molar-refractivity contribution in [2.45, 2.75) is 20.4 Å². The Morgan fingerprint density at radius 3 is 2.75 bits per heavy atom. The second kappa shape index (κ2) is 5.89. The number of aromatic nitrogens is 2. The Hall–Kier alpha value is -1.46. The van der Waals surface area contributed by atoms with E-state index >= 15 is 0 Å². The van der Waals surface area contributed by atoms with Crippen LogP contribution in [0, 0.1) is 13.8 Å². The molecule has 0 atom stereocenters. The Bertz CT molecular complexity index is 740. The van der Waals surface area contributed by atoms with Crippen LogP contribution in [0.2, 0.25) is 5.02 Å². The molecule has 0 saturated heterocycles. The lowest BCUT2D eigenvalue weighted by molar-refractivity contribution is 0.0969. The van der Waals surface area contributed by atoms with Crippen molar-refractivity contribution in [1.29, 1.82) is 0 Å². The van der Waals surface area contributed by atoms with Crippen molar-refractivity contribution >= 4 is 33.3 Å². The van der Waals surface area contributed by atoms with Crippen molar-refractivity contribution < 1.29 is 4.79 Å². The molecule has 0 aliphatic carbocycles. The van der Waals surface area contributed by atoms with Crippen LogP contribution in [-0.4, -0.2) is 15.3 Å². The van der Waals surface area contributed by atoms with Crippen LogP contribution < -0.4 is 5.69 Å². The number of ketones is 1. The van der Waals surface area contributed by atoms with Gasteiger partial charge in [-0.15, -0.1) is 0 Å². The molecule has 0 bridgehead atoms. The summed E-state index contributed by atoms with van der Waals surface area (Å²) in [6, 6.07) is 6.65. The van der Waals surface area contributed by atoms with Crippen molar-refractivity contribution in [3.8, 4) is 0 Å². The molecule has 6 heteroatoms. The fourth-order valence-corrected chi connectivity index (χ4v) is 2.35. The van der Waals surface area contributed by atoms with E-state index in [1.165, 1.54) is 4.57 Å². The van der Waals surface area contributed by atoms with Gasteiger partial charge in [-0.2, -0.15) is 4.98 Å². The van der Waals surface area contributed by atoms with Gasteiger partial charge in [0, 0.05) is 16.3 Å². The number of Topliss-reactive ketones (excluding diaryl/α,β-unsaturated/α-hetero) is 1. The predicted octanol–water partition coefficient (Wildman–Crippen LogP) is 3.16. The molecule has 0 N–H and O–H groups in total. The largest absolute Gasteiger partial charge is 0.348 e. The van der Waals surface area contributed by atoms with Crippen LogP contribution >= 0.6 is 27.5 Å². The third-order valence-corrected chi connectivity index (χ3v) is 4.37. The summed E-state index contributed by atoms with van der Waals surface area (Å²) in [7, 11) is 0. The minimum Gasteiger partial charge on any atom is -0.292 e. The van der Waals surface area contributed by atoms with Gasteiger partial charge in [-0.25, -0.2) is 4.79 Å². The normalized spacial score (nSPS) is 10.6. The van der Waals surface area contributed by atoms with Crippen LogP contribution in [0.1, 0.15) is 21.7 Å². The number of rotatable bonds is 3. The van der Waals surface area contributed by atoms with Gasteiger partial charge in [0.1, 0.15) is 0 Å². The molecule has 2 aromatic rings. The fraction of sp³-hybridized carbons (Fsp3) is 0.214. The molecule has 0 aliphatic rings. The molecular weight excluding hydrogens is 344 g/mol. The van der Waals surface area contributed by atoms with Crippen LogP contribution in [0.5, 0.6) is 0 Å². The minimum absolute atomic E-state index is 0.0586. The molecule has 1 heterocycles. The van der Waals surface area contributed by atoms with Gasteiger partial charge in [0.25, 0.3) is 0 Å². The van der Waals surface area contributed by atoms with E-state index in [0.717, 1.165) is 4.47 Å². The Kier molecular flexibility index (Phi) is 4.40. The van der Waals surface area contributed by atoms with Gasteiger partial charge < -0.3 is 0 Å². The molecule has 20 heavy (non-hydrogen) atoms. The van der Waals surface area contributed by atoms with E-state index in [1.54, 1.807) is 38.1 Å². The van der Waals surface area contributed by atoms with Gasteiger partial charge in [-0.3, -0.25) is 9.36 Å². The Balaban J connectivity index is 2.38. The zero-order valence-corrected chi connectivity index (χ0v) is 13.3. The van der Waals surface area contributed by atoms with Crippen molar-refractivity contribution in [2.24, 2.45) is 0 Å². The number of hydrogen-bond donors (Lipinski definition) is 0. The lowest BCUT2D eigenvalue weighted by Crippen LogP contribution is -2.29. The van der Waals surface area contributed by atoms with Crippen molar-refractivity contribution in [3.63, 3.8) is 0 Å². The predicted molar refractivity (Wildman–Crippen MR) is 81.5 cm³/mol. The summed E-state index contributed by atoms with van der Waals surface area (Å²) in [6.45, 7) is 3.45. The van der Waals surface area contributed by atoms with E-state index in [-0.39, 0.29) is 12.3 Å². The van der Waals surface area contributed by atoms with E-state index in [2.05, 4.69) is 20.9 Å². The highest BCUT2D eigenvalue weighted by Crippen LogP contribution is 2.17. The van der Waals surface area contributed by atoms with Crippen LogP contribution in [0.25, 0.3) is 0 Å². The summed E-state index contributed by atoms with van der Waals surface area (Å²) < 4.78 is 2.08.